The van der Waals surface area contributed by atoms with E-state index in [4.69, 9.17) is 14.6 Å². The minimum Gasteiger partial charge on any atom is -0.450 e. The first-order chi connectivity index (χ1) is 11.6. The summed E-state index contributed by atoms with van der Waals surface area (Å²) in [5.74, 6) is 0.845. The van der Waals surface area contributed by atoms with Gasteiger partial charge in [-0.15, -0.1) is 0 Å². The van der Waals surface area contributed by atoms with Crippen LogP contribution < -0.4 is 0 Å². The second kappa shape index (κ2) is 7.55. The van der Waals surface area contributed by atoms with Gasteiger partial charge in [-0.05, 0) is 30.2 Å². The average molecular weight is 333 g/mol. The Hall–Kier alpha value is -2.24. The second-order valence-electron chi connectivity index (χ2n) is 6.57. The molecule has 0 spiro atoms. The molecule has 1 aromatic rings. The van der Waals surface area contributed by atoms with Gasteiger partial charge in [0.1, 0.15) is 6.61 Å². The third kappa shape index (κ3) is 3.99. The standard InChI is InChI=1S/C18H23NO5/c20-17(23-12-13-6-2-1-3-7-13)19-11-15-9-5-4-8-14(15)10-16(19)24-18(21)22/h1-3,6-7,14-16H,4-5,8-12H2,(H,21,22). The fourth-order valence-corrected chi connectivity index (χ4v) is 3.81. The van der Waals surface area contributed by atoms with Crippen molar-refractivity contribution in [2.24, 2.45) is 11.8 Å². The van der Waals surface area contributed by atoms with Gasteiger partial charge in [0.2, 0.25) is 0 Å². The van der Waals surface area contributed by atoms with Gasteiger partial charge in [-0.2, -0.15) is 0 Å². The number of piperidine rings is 1. The summed E-state index contributed by atoms with van der Waals surface area (Å²) in [5.41, 5.74) is 0.897. The van der Waals surface area contributed by atoms with Crippen LogP contribution in [0, 0.1) is 11.8 Å². The van der Waals surface area contributed by atoms with Crippen molar-refractivity contribution < 1.29 is 24.2 Å². The number of benzene rings is 1. The van der Waals surface area contributed by atoms with Crippen molar-refractivity contribution in [1.29, 1.82) is 0 Å². The van der Waals surface area contributed by atoms with Crippen LogP contribution in [0.5, 0.6) is 0 Å². The number of amides is 1. The van der Waals surface area contributed by atoms with Gasteiger partial charge in [-0.1, -0.05) is 43.2 Å². The molecule has 1 aliphatic heterocycles. The number of hydrogen-bond donors (Lipinski definition) is 1. The smallest absolute Gasteiger partial charge is 0.450 e. The minimum atomic E-state index is -1.35. The predicted octanol–water partition coefficient (Wildman–Crippen LogP) is 3.86. The van der Waals surface area contributed by atoms with E-state index in [0.717, 1.165) is 18.4 Å². The zero-order chi connectivity index (χ0) is 16.9. The Labute approximate surface area is 141 Å². The van der Waals surface area contributed by atoms with Crippen molar-refractivity contribution in [3.63, 3.8) is 0 Å². The van der Waals surface area contributed by atoms with Crippen LogP contribution in [0.15, 0.2) is 30.3 Å². The highest BCUT2D eigenvalue weighted by molar-refractivity contribution is 5.68. The van der Waals surface area contributed by atoms with Gasteiger partial charge in [-0.3, -0.25) is 4.90 Å². The zero-order valence-corrected chi connectivity index (χ0v) is 13.6. The summed E-state index contributed by atoms with van der Waals surface area (Å²) in [5, 5.41) is 8.97. The second-order valence-corrected chi connectivity index (χ2v) is 6.57. The van der Waals surface area contributed by atoms with E-state index in [-0.39, 0.29) is 6.61 Å². The number of rotatable bonds is 3. The lowest BCUT2D eigenvalue weighted by molar-refractivity contribution is -0.0843. The molecule has 1 saturated heterocycles. The number of carbonyl (C=O) groups is 2. The maximum absolute atomic E-state index is 12.5. The number of nitrogens with zero attached hydrogens (tertiary/aromatic N) is 1. The normalized spacial score (nSPS) is 26.3. The Bertz CT molecular complexity index is 576. The Balaban J connectivity index is 1.65. The summed E-state index contributed by atoms with van der Waals surface area (Å²) >= 11 is 0. The maximum atomic E-state index is 12.5. The topological polar surface area (TPSA) is 76.1 Å². The average Bonchev–Trinajstić information content (AvgIpc) is 2.59. The molecule has 0 bridgehead atoms. The summed E-state index contributed by atoms with van der Waals surface area (Å²) in [6.07, 6.45) is 2.45. The van der Waals surface area contributed by atoms with Crippen LogP contribution in [0.2, 0.25) is 0 Å². The molecule has 3 unspecified atom stereocenters. The van der Waals surface area contributed by atoms with E-state index >= 15 is 0 Å². The molecule has 3 atom stereocenters. The first-order valence-corrected chi connectivity index (χ1v) is 8.50. The molecular weight excluding hydrogens is 310 g/mol. The Morgan fingerprint density at radius 2 is 1.83 bits per heavy atom. The largest absolute Gasteiger partial charge is 0.507 e. The third-order valence-electron chi connectivity index (χ3n) is 5.03. The summed E-state index contributed by atoms with van der Waals surface area (Å²) in [4.78, 5) is 24.9. The number of carboxylic acid groups (broad SMARTS) is 1. The molecular formula is C18H23NO5. The van der Waals surface area contributed by atoms with Gasteiger partial charge in [0, 0.05) is 13.0 Å². The molecule has 3 rings (SSSR count). The first-order valence-electron chi connectivity index (χ1n) is 8.50. The molecule has 1 saturated carbocycles. The van der Waals surface area contributed by atoms with Gasteiger partial charge in [0.05, 0.1) is 0 Å². The van der Waals surface area contributed by atoms with Crippen LogP contribution in [-0.4, -0.2) is 35.0 Å². The molecule has 1 amide bonds. The summed E-state index contributed by atoms with van der Waals surface area (Å²) in [6, 6.07) is 9.42. The van der Waals surface area contributed by atoms with Crippen LogP contribution in [0.3, 0.4) is 0 Å². The molecule has 130 valence electrons. The van der Waals surface area contributed by atoms with Crippen LogP contribution in [0.1, 0.15) is 37.7 Å². The predicted molar refractivity (Wildman–Crippen MR) is 86.3 cm³/mol. The van der Waals surface area contributed by atoms with Crippen LogP contribution in [0.25, 0.3) is 0 Å². The lowest BCUT2D eigenvalue weighted by atomic mass is 9.74. The Morgan fingerprint density at radius 3 is 2.54 bits per heavy atom. The van der Waals surface area contributed by atoms with E-state index in [0.29, 0.717) is 24.8 Å². The highest BCUT2D eigenvalue weighted by atomic mass is 16.7. The van der Waals surface area contributed by atoms with E-state index in [1.165, 1.54) is 17.7 Å². The fraction of sp³-hybridized carbons (Fsp3) is 0.556. The van der Waals surface area contributed by atoms with Crippen LogP contribution in [-0.2, 0) is 16.1 Å². The molecule has 1 aliphatic carbocycles. The molecule has 6 heteroatoms. The Kier molecular flexibility index (Phi) is 5.23. The first kappa shape index (κ1) is 16.6. The van der Waals surface area contributed by atoms with E-state index in [1.54, 1.807) is 0 Å². The molecule has 2 fully saturated rings. The SMILES string of the molecule is O=C(O)OC1CC2CCCCC2CN1C(=O)OCc1ccccc1. The van der Waals surface area contributed by atoms with Gasteiger partial charge in [0.15, 0.2) is 6.23 Å². The number of ether oxygens (including phenoxy) is 2. The minimum absolute atomic E-state index is 0.171. The molecule has 6 nitrogen and oxygen atoms in total. The van der Waals surface area contributed by atoms with Gasteiger partial charge < -0.3 is 14.6 Å². The van der Waals surface area contributed by atoms with E-state index in [1.807, 2.05) is 30.3 Å². The fourth-order valence-electron chi connectivity index (χ4n) is 3.81. The number of hydrogen-bond acceptors (Lipinski definition) is 4. The molecule has 0 aromatic heterocycles. The third-order valence-corrected chi connectivity index (χ3v) is 5.03. The van der Waals surface area contributed by atoms with Gasteiger partial charge in [-0.25, -0.2) is 9.59 Å². The highest BCUT2D eigenvalue weighted by Gasteiger charge is 2.41. The zero-order valence-electron chi connectivity index (χ0n) is 13.6. The quantitative estimate of drug-likeness (QED) is 0.850. The molecule has 1 heterocycles. The number of carbonyl (C=O) groups excluding carboxylic acids is 1. The number of likely N-dealkylation sites (tertiary alicyclic amines) is 1. The summed E-state index contributed by atoms with van der Waals surface area (Å²) in [6.45, 7) is 0.681. The lowest BCUT2D eigenvalue weighted by Gasteiger charge is -2.44. The molecule has 2 aliphatic rings. The van der Waals surface area contributed by atoms with Crippen molar-refractivity contribution in [1.82, 2.24) is 4.90 Å². The molecule has 1 N–H and O–H groups in total. The van der Waals surface area contributed by atoms with E-state index in [9.17, 15) is 9.59 Å². The van der Waals surface area contributed by atoms with Crippen LogP contribution >= 0.6 is 0 Å². The highest BCUT2D eigenvalue weighted by Crippen LogP contribution is 2.39. The van der Waals surface area contributed by atoms with Crippen molar-refractivity contribution in [2.75, 3.05) is 6.54 Å². The summed E-state index contributed by atoms with van der Waals surface area (Å²) in [7, 11) is 0. The van der Waals surface area contributed by atoms with Crippen molar-refractivity contribution in [3.8, 4) is 0 Å². The van der Waals surface area contributed by atoms with Crippen molar-refractivity contribution in [3.05, 3.63) is 35.9 Å². The Morgan fingerprint density at radius 1 is 1.12 bits per heavy atom. The van der Waals surface area contributed by atoms with Gasteiger partial charge in [0.25, 0.3) is 0 Å². The van der Waals surface area contributed by atoms with Crippen molar-refractivity contribution in [2.45, 2.75) is 44.9 Å². The summed E-state index contributed by atoms with van der Waals surface area (Å²) < 4.78 is 10.3. The number of fused-ring (bicyclic) bond motifs is 1. The van der Waals surface area contributed by atoms with E-state index in [2.05, 4.69) is 0 Å². The molecule has 24 heavy (non-hydrogen) atoms. The van der Waals surface area contributed by atoms with E-state index < -0.39 is 18.5 Å². The molecule has 1 aromatic carbocycles. The van der Waals surface area contributed by atoms with Crippen LogP contribution in [0.4, 0.5) is 9.59 Å². The van der Waals surface area contributed by atoms with Gasteiger partial charge >= 0.3 is 12.2 Å². The molecule has 0 radical (unpaired) electrons. The lowest BCUT2D eigenvalue weighted by Crippen LogP contribution is -2.52. The monoisotopic (exact) mass is 333 g/mol. The van der Waals surface area contributed by atoms with Crippen molar-refractivity contribution >= 4 is 12.2 Å². The maximum Gasteiger partial charge on any atom is 0.507 e.